The van der Waals surface area contributed by atoms with Gasteiger partial charge in [-0.1, -0.05) is 93.2 Å². The van der Waals surface area contributed by atoms with Crippen molar-refractivity contribution in [2.75, 3.05) is 7.11 Å². The molecule has 0 aliphatic carbocycles. The minimum absolute atomic E-state index is 0.138. The molecule has 4 aromatic carbocycles. The highest BCUT2D eigenvalue weighted by molar-refractivity contribution is 6.08. The van der Waals surface area contributed by atoms with Crippen molar-refractivity contribution >= 4 is 27.3 Å². The third-order valence-electron chi connectivity index (χ3n) is 5.10. The quantitative estimate of drug-likeness (QED) is 0.173. The molecule has 0 aliphatic heterocycles. The largest absolute Gasteiger partial charge is 0.497 e. The molecule has 4 rings (SSSR count). The van der Waals surface area contributed by atoms with Gasteiger partial charge in [0.2, 0.25) is 0 Å². The Balaban J connectivity index is 0.000000272. The number of ketones is 1. The maximum Gasteiger partial charge on any atom is 0.160 e. The highest BCUT2D eigenvalue weighted by atomic mass is 16.5. The van der Waals surface area contributed by atoms with E-state index in [1.165, 1.54) is 10.9 Å². The highest BCUT2D eigenvalue weighted by Crippen LogP contribution is 2.22. The van der Waals surface area contributed by atoms with Gasteiger partial charge in [0.25, 0.3) is 0 Å². The number of nitriles is 1. The second-order valence-electron chi connectivity index (χ2n) is 7.59. The Morgan fingerprint density at radius 1 is 0.914 bits per heavy atom. The van der Waals surface area contributed by atoms with Crippen molar-refractivity contribution < 1.29 is 9.53 Å². The van der Waals surface area contributed by atoms with Gasteiger partial charge in [-0.25, -0.2) is 0 Å². The van der Waals surface area contributed by atoms with E-state index in [1.54, 1.807) is 20.1 Å². The van der Waals surface area contributed by atoms with Crippen molar-refractivity contribution in [3.8, 4) is 6.07 Å². The zero-order valence-electron chi connectivity index (χ0n) is 21.7. The lowest BCUT2D eigenvalue weighted by Crippen LogP contribution is -1.97. The number of hydrogen-bond acceptors (Lipinski definition) is 3. The fourth-order valence-corrected chi connectivity index (χ4v) is 3.37. The zero-order chi connectivity index (χ0) is 26.4. The Labute approximate surface area is 210 Å². The van der Waals surface area contributed by atoms with Crippen LogP contribution in [-0.4, -0.2) is 12.9 Å². The summed E-state index contributed by atoms with van der Waals surface area (Å²) in [7, 11) is 1.56. The summed E-state index contributed by atoms with van der Waals surface area (Å²) in [6.07, 6.45) is 1.56. The standard InChI is InChI=1S/C13H12O.C12H9N.C5H8O.C2H6/c1-9-7-8-11-5-3-4-6-12(11)13(9)10(2)14;1-9-2-4-12-7-10(8-13)3-5-11(12)6-9;1-4-5(2)6-3;1-2/h3-8H,1-2H3;2-7H,1H3;4H,1-2H2,3H3;1-2H3. The van der Waals surface area contributed by atoms with Crippen LogP contribution in [0.15, 0.2) is 97.8 Å². The van der Waals surface area contributed by atoms with Gasteiger partial charge in [0.15, 0.2) is 5.78 Å². The number of carbonyl (C=O) groups excluding carboxylic acids is 1. The van der Waals surface area contributed by atoms with Crippen molar-refractivity contribution in [1.29, 1.82) is 5.26 Å². The van der Waals surface area contributed by atoms with Crippen LogP contribution in [-0.2, 0) is 4.74 Å². The van der Waals surface area contributed by atoms with Crippen LogP contribution in [0.1, 0.15) is 47.8 Å². The SMILES string of the molecule is C=CC(=C)OC.CC.CC(=O)c1c(C)ccc2ccccc12.Cc1ccc2cc(C#N)ccc2c1. The minimum atomic E-state index is 0.138. The van der Waals surface area contributed by atoms with Gasteiger partial charge in [-0.2, -0.15) is 5.26 Å². The smallest absolute Gasteiger partial charge is 0.160 e. The lowest BCUT2D eigenvalue weighted by molar-refractivity contribution is 0.101. The number of benzene rings is 4. The summed E-state index contributed by atoms with van der Waals surface area (Å²) in [5.74, 6) is 0.745. The predicted octanol–water partition coefficient (Wildman–Crippen LogP) is 8.73. The molecule has 0 spiro atoms. The molecule has 0 bridgehead atoms. The van der Waals surface area contributed by atoms with Gasteiger partial charge in [0.1, 0.15) is 5.76 Å². The minimum Gasteiger partial charge on any atom is -0.497 e. The first-order valence-corrected chi connectivity index (χ1v) is 11.6. The molecule has 0 saturated carbocycles. The van der Waals surface area contributed by atoms with Crippen LogP contribution in [0, 0.1) is 25.2 Å². The number of ether oxygens (including phenoxy) is 1. The average Bonchev–Trinajstić information content (AvgIpc) is 2.89. The molecule has 4 aromatic rings. The van der Waals surface area contributed by atoms with Gasteiger partial charge >= 0.3 is 0 Å². The molecule has 35 heavy (non-hydrogen) atoms. The number of methoxy groups -OCH3 is 1. The summed E-state index contributed by atoms with van der Waals surface area (Å²) in [5.41, 5.74) is 3.87. The first kappa shape index (κ1) is 28.9. The second kappa shape index (κ2) is 14.9. The first-order valence-electron chi connectivity index (χ1n) is 11.6. The number of carbonyl (C=O) groups is 1. The molecule has 0 N–H and O–H groups in total. The van der Waals surface area contributed by atoms with E-state index in [0.717, 1.165) is 32.8 Å². The Morgan fingerprint density at radius 3 is 2.09 bits per heavy atom. The Bertz CT molecular complexity index is 1340. The molecule has 3 heteroatoms. The number of allylic oxidation sites excluding steroid dienone is 1. The van der Waals surface area contributed by atoms with Crippen LogP contribution in [0.3, 0.4) is 0 Å². The molecule has 0 fully saturated rings. The summed E-state index contributed by atoms with van der Waals surface area (Å²) in [6, 6.07) is 26.1. The first-order chi connectivity index (χ1) is 16.8. The molecule has 0 aliphatic rings. The fourth-order valence-electron chi connectivity index (χ4n) is 3.37. The summed E-state index contributed by atoms with van der Waals surface area (Å²) >= 11 is 0. The summed E-state index contributed by atoms with van der Waals surface area (Å²) in [5, 5.41) is 13.2. The molecule has 180 valence electrons. The molecular weight excluding hydrogens is 430 g/mol. The lowest BCUT2D eigenvalue weighted by Gasteiger charge is -2.06. The summed E-state index contributed by atoms with van der Waals surface area (Å²) in [4.78, 5) is 11.5. The van der Waals surface area contributed by atoms with Crippen molar-refractivity contribution in [3.63, 3.8) is 0 Å². The molecule has 0 heterocycles. The van der Waals surface area contributed by atoms with Crippen LogP contribution in [0.4, 0.5) is 0 Å². The van der Waals surface area contributed by atoms with Gasteiger partial charge in [-0.3, -0.25) is 4.79 Å². The second-order valence-corrected chi connectivity index (χ2v) is 7.59. The molecule has 3 nitrogen and oxygen atoms in total. The van der Waals surface area contributed by atoms with Crippen LogP contribution in [0.2, 0.25) is 0 Å². The van der Waals surface area contributed by atoms with Gasteiger partial charge < -0.3 is 4.74 Å². The molecule has 0 saturated heterocycles. The van der Waals surface area contributed by atoms with E-state index in [4.69, 9.17) is 5.26 Å². The number of fused-ring (bicyclic) bond motifs is 2. The van der Waals surface area contributed by atoms with E-state index in [-0.39, 0.29) is 5.78 Å². The van der Waals surface area contributed by atoms with E-state index >= 15 is 0 Å². The summed E-state index contributed by atoms with van der Waals surface area (Å²) < 4.78 is 4.59. The van der Waals surface area contributed by atoms with E-state index in [1.807, 2.05) is 75.4 Å². The Morgan fingerprint density at radius 2 is 1.51 bits per heavy atom. The monoisotopic (exact) mass is 465 g/mol. The van der Waals surface area contributed by atoms with E-state index < -0.39 is 0 Å². The highest BCUT2D eigenvalue weighted by Gasteiger charge is 2.07. The van der Waals surface area contributed by atoms with E-state index in [0.29, 0.717) is 5.76 Å². The normalized spacial score (nSPS) is 9.17. The van der Waals surface area contributed by atoms with Gasteiger partial charge in [0, 0.05) is 5.56 Å². The number of aryl methyl sites for hydroxylation is 2. The number of hydrogen-bond donors (Lipinski definition) is 0. The molecule has 0 radical (unpaired) electrons. The Kier molecular flexibility index (Phi) is 12.3. The molecule has 0 aromatic heterocycles. The van der Waals surface area contributed by atoms with Crippen molar-refractivity contribution in [2.45, 2.75) is 34.6 Å². The van der Waals surface area contributed by atoms with E-state index in [9.17, 15) is 4.79 Å². The number of rotatable bonds is 3. The van der Waals surface area contributed by atoms with Crippen molar-refractivity contribution in [3.05, 3.63) is 120 Å². The van der Waals surface area contributed by atoms with Crippen LogP contribution < -0.4 is 0 Å². The third kappa shape index (κ3) is 8.61. The van der Waals surface area contributed by atoms with Gasteiger partial charge in [-0.15, -0.1) is 0 Å². The maximum atomic E-state index is 11.5. The van der Waals surface area contributed by atoms with Gasteiger partial charge in [-0.05, 0) is 66.1 Å². The third-order valence-corrected chi connectivity index (χ3v) is 5.10. The molecule has 0 amide bonds. The topological polar surface area (TPSA) is 50.1 Å². The fraction of sp³-hybridized carbons (Fsp3) is 0.188. The molecule has 0 unspecified atom stereocenters. The Hall–Kier alpha value is -4.16. The summed E-state index contributed by atoms with van der Waals surface area (Å²) in [6.45, 7) is 16.5. The molecule has 0 atom stereocenters. The number of nitrogens with zero attached hydrogens (tertiary/aromatic N) is 1. The van der Waals surface area contributed by atoms with Crippen molar-refractivity contribution in [2.24, 2.45) is 0 Å². The lowest BCUT2D eigenvalue weighted by atomic mass is 9.97. The molecular formula is C32H35NO2. The van der Waals surface area contributed by atoms with Gasteiger partial charge in [0.05, 0.1) is 18.7 Å². The van der Waals surface area contributed by atoms with Crippen LogP contribution >= 0.6 is 0 Å². The maximum absolute atomic E-state index is 11.5. The average molecular weight is 466 g/mol. The van der Waals surface area contributed by atoms with E-state index in [2.05, 4.69) is 49.1 Å². The van der Waals surface area contributed by atoms with Crippen LogP contribution in [0.25, 0.3) is 21.5 Å². The van der Waals surface area contributed by atoms with Crippen LogP contribution in [0.5, 0.6) is 0 Å². The zero-order valence-corrected chi connectivity index (χ0v) is 21.7. The predicted molar refractivity (Wildman–Crippen MR) is 150 cm³/mol. The van der Waals surface area contributed by atoms with Crippen molar-refractivity contribution in [1.82, 2.24) is 0 Å². The number of Topliss-reactive ketones (excluding diaryl/α,β-unsaturated/α-hetero) is 1.